The minimum Gasteiger partial charge on any atom is -0.544 e. The van der Waals surface area contributed by atoms with E-state index < -0.39 is 9.04 Å². The van der Waals surface area contributed by atoms with E-state index in [9.17, 15) is 0 Å². The predicted molar refractivity (Wildman–Crippen MR) is 64.5 cm³/mol. The molecule has 2 nitrogen and oxygen atoms in total. The molecule has 0 aromatic heterocycles. The van der Waals surface area contributed by atoms with Crippen LogP contribution >= 0.6 is 0 Å². The zero-order valence-corrected chi connectivity index (χ0v) is 10.8. The summed E-state index contributed by atoms with van der Waals surface area (Å²) in [7, 11) is 0.648. The predicted octanol–water partition coefficient (Wildman–Crippen LogP) is 2.93. The highest BCUT2D eigenvalue weighted by Crippen LogP contribution is 2.47. The highest BCUT2D eigenvalue weighted by molar-refractivity contribution is 6.49. The van der Waals surface area contributed by atoms with Crippen LogP contribution in [0.15, 0.2) is 18.2 Å². The van der Waals surface area contributed by atoms with Crippen molar-refractivity contribution in [2.24, 2.45) is 0 Å². The molecule has 82 valence electrons. The van der Waals surface area contributed by atoms with Gasteiger partial charge in [0.05, 0.1) is 7.11 Å². The maximum atomic E-state index is 5.98. The number of benzene rings is 1. The van der Waals surface area contributed by atoms with Crippen LogP contribution in [0.1, 0.15) is 24.3 Å². The van der Waals surface area contributed by atoms with Crippen molar-refractivity contribution in [3.63, 3.8) is 0 Å². The van der Waals surface area contributed by atoms with Gasteiger partial charge in [-0.1, -0.05) is 12.1 Å². The normalized spacial score (nSPS) is 15.5. The lowest BCUT2D eigenvalue weighted by atomic mass is 10.1. The van der Waals surface area contributed by atoms with Gasteiger partial charge in [-0.15, -0.1) is 0 Å². The zero-order chi connectivity index (χ0) is 10.8. The maximum Gasteiger partial charge on any atom is 0.229 e. The standard InChI is InChI=1S/C12H18O2Si/c1-13-11-6-4-5-10(9-7-8-9)12(11)14-15(2)3/h4-6,9,15H,7-8H2,1-3H3. The maximum absolute atomic E-state index is 5.98. The third-order valence-electron chi connectivity index (χ3n) is 2.60. The van der Waals surface area contributed by atoms with Crippen LogP contribution in [0.2, 0.25) is 13.1 Å². The number of rotatable bonds is 4. The van der Waals surface area contributed by atoms with Gasteiger partial charge in [0.25, 0.3) is 0 Å². The molecule has 3 heteroatoms. The number of para-hydroxylation sites is 1. The molecule has 0 N–H and O–H groups in total. The second kappa shape index (κ2) is 4.27. The summed E-state index contributed by atoms with van der Waals surface area (Å²) in [6, 6.07) is 6.21. The van der Waals surface area contributed by atoms with E-state index in [0.29, 0.717) is 5.92 Å². The zero-order valence-electron chi connectivity index (χ0n) is 9.62. The fourth-order valence-corrected chi connectivity index (χ4v) is 2.49. The molecule has 0 amide bonds. The molecule has 1 saturated carbocycles. The van der Waals surface area contributed by atoms with Crippen molar-refractivity contribution in [1.29, 1.82) is 0 Å². The highest BCUT2D eigenvalue weighted by atomic mass is 28.3. The van der Waals surface area contributed by atoms with Gasteiger partial charge in [0.15, 0.2) is 5.75 Å². The summed E-state index contributed by atoms with van der Waals surface area (Å²) in [6.07, 6.45) is 2.59. The molecular formula is C12H18O2Si. The minimum atomic E-state index is -1.06. The van der Waals surface area contributed by atoms with Crippen LogP contribution in [0.25, 0.3) is 0 Å². The summed E-state index contributed by atoms with van der Waals surface area (Å²) in [5.74, 6) is 2.60. The average Bonchev–Trinajstić information content (AvgIpc) is 3.01. The first-order valence-corrected chi connectivity index (χ1v) is 8.34. The lowest BCUT2D eigenvalue weighted by Crippen LogP contribution is -2.13. The second-order valence-electron chi connectivity index (χ2n) is 4.32. The van der Waals surface area contributed by atoms with Crippen molar-refractivity contribution in [2.75, 3.05) is 7.11 Å². The molecule has 0 saturated heterocycles. The summed E-state index contributed by atoms with van der Waals surface area (Å²) in [4.78, 5) is 0. The number of ether oxygens (including phenoxy) is 1. The van der Waals surface area contributed by atoms with Crippen LogP contribution in [-0.2, 0) is 0 Å². The summed E-state index contributed by atoms with van der Waals surface area (Å²) >= 11 is 0. The molecule has 1 aromatic rings. The topological polar surface area (TPSA) is 18.5 Å². The molecule has 1 aromatic carbocycles. The van der Waals surface area contributed by atoms with E-state index in [1.807, 2.05) is 6.07 Å². The summed E-state index contributed by atoms with van der Waals surface area (Å²) < 4.78 is 11.3. The van der Waals surface area contributed by atoms with Gasteiger partial charge in [-0.3, -0.25) is 0 Å². The lowest BCUT2D eigenvalue weighted by Gasteiger charge is -2.17. The van der Waals surface area contributed by atoms with Crippen molar-refractivity contribution < 1.29 is 9.16 Å². The van der Waals surface area contributed by atoms with Gasteiger partial charge in [-0.05, 0) is 43.5 Å². The Kier molecular flexibility index (Phi) is 3.00. The van der Waals surface area contributed by atoms with Crippen molar-refractivity contribution in [1.82, 2.24) is 0 Å². The molecule has 1 aliphatic carbocycles. The lowest BCUT2D eigenvalue weighted by molar-refractivity contribution is 0.392. The van der Waals surface area contributed by atoms with Gasteiger partial charge in [0.1, 0.15) is 5.75 Å². The van der Waals surface area contributed by atoms with E-state index in [1.54, 1.807) is 7.11 Å². The largest absolute Gasteiger partial charge is 0.544 e. The molecule has 0 atom stereocenters. The van der Waals surface area contributed by atoms with Crippen molar-refractivity contribution in [3.8, 4) is 11.5 Å². The fraction of sp³-hybridized carbons (Fsp3) is 0.500. The average molecular weight is 222 g/mol. The Bertz CT molecular complexity index is 345. The quantitative estimate of drug-likeness (QED) is 0.729. The number of methoxy groups -OCH3 is 1. The third-order valence-corrected chi connectivity index (χ3v) is 3.31. The number of hydrogen-bond donors (Lipinski definition) is 0. The second-order valence-corrected chi connectivity index (χ2v) is 6.65. The highest BCUT2D eigenvalue weighted by Gasteiger charge is 2.28. The monoisotopic (exact) mass is 222 g/mol. The Morgan fingerprint density at radius 3 is 2.53 bits per heavy atom. The van der Waals surface area contributed by atoms with Crippen molar-refractivity contribution >= 4 is 9.04 Å². The Hall–Kier alpha value is -0.963. The Morgan fingerprint density at radius 1 is 1.27 bits per heavy atom. The molecule has 1 aliphatic rings. The van der Waals surface area contributed by atoms with Gasteiger partial charge in [-0.25, -0.2) is 0 Å². The smallest absolute Gasteiger partial charge is 0.229 e. The molecule has 0 aliphatic heterocycles. The Balaban J connectivity index is 2.35. The van der Waals surface area contributed by atoms with E-state index >= 15 is 0 Å². The molecule has 0 radical (unpaired) electrons. The van der Waals surface area contributed by atoms with E-state index in [4.69, 9.17) is 9.16 Å². The van der Waals surface area contributed by atoms with Crippen molar-refractivity contribution in [2.45, 2.75) is 31.9 Å². The first-order valence-electron chi connectivity index (χ1n) is 5.56. The summed E-state index contributed by atoms with van der Waals surface area (Å²) in [5, 5.41) is 0. The third kappa shape index (κ3) is 2.34. The van der Waals surface area contributed by atoms with E-state index in [0.717, 1.165) is 11.5 Å². The van der Waals surface area contributed by atoms with Crippen LogP contribution in [-0.4, -0.2) is 16.2 Å². The number of hydrogen-bond acceptors (Lipinski definition) is 2. The van der Waals surface area contributed by atoms with Gasteiger partial charge >= 0.3 is 0 Å². The Morgan fingerprint density at radius 2 is 2.00 bits per heavy atom. The van der Waals surface area contributed by atoms with Crippen LogP contribution in [0, 0.1) is 0 Å². The molecule has 0 unspecified atom stereocenters. The summed E-state index contributed by atoms with van der Waals surface area (Å²) in [6.45, 7) is 4.37. The minimum absolute atomic E-state index is 0.711. The molecule has 0 heterocycles. The molecule has 2 rings (SSSR count). The fourth-order valence-electron chi connectivity index (χ4n) is 1.77. The van der Waals surface area contributed by atoms with Crippen LogP contribution in [0.3, 0.4) is 0 Å². The van der Waals surface area contributed by atoms with E-state index in [1.165, 1.54) is 18.4 Å². The first-order chi connectivity index (χ1) is 7.22. The van der Waals surface area contributed by atoms with Crippen LogP contribution in [0.4, 0.5) is 0 Å². The molecule has 15 heavy (non-hydrogen) atoms. The van der Waals surface area contributed by atoms with E-state index in [2.05, 4.69) is 25.2 Å². The first kappa shape index (κ1) is 10.6. The van der Waals surface area contributed by atoms with Crippen molar-refractivity contribution in [3.05, 3.63) is 23.8 Å². The molecule has 0 bridgehead atoms. The van der Waals surface area contributed by atoms with Gasteiger partial charge in [-0.2, -0.15) is 0 Å². The summed E-state index contributed by atoms with van der Waals surface area (Å²) in [5.41, 5.74) is 1.34. The molecular weight excluding hydrogens is 204 g/mol. The Labute approximate surface area is 92.9 Å². The van der Waals surface area contributed by atoms with Crippen LogP contribution in [0.5, 0.6) is 11.5 Å². The molecule has 1 fully saturated rings. The van der Waals surface area contributed by atoms with Crippen LogP contribution < -0.4 is 9.16 Å². The molecule has 0 spiro atoms. The van der Waals surface area contributed by atoms with E-state index in [-0.39, 0.29) is 0 Å². The van der Waals surface area contributed by atoms with Gasteiger partial charge in [0.2, 0.25) is 9.04 Å². The SMILES string of the molecule is COc1cccc(C2CC2)c1O[SiH](C)C. The van der Waals surface area contributed by atoms with Gasteiger partial charge in [0, 0.05) is 0 Å². The van der Waals surface area contributed by atoms with Gasteiger partial charge < -0.3 is 9.16 Å².